The second kappa shape index (κ2) is 9.38. The maximum absolute atomic E-state index is 12.6. The number of hydrogen-bond donors (Lipinski definition) is 2. The summed E-state index contributed by atoms with van der Waals surface area (Å²) in [7, 11) is -3.51. The van der Waals surface area contributed by atoms with Crippen molar-refractivity contribution in [3.8, 4) is 22.4 Å². The SMILES string of the molecule is CC(C)S(=O)(=O)n1ccc(C(=O)NCc2nc3ccc(-c4cccc(-c5ccncc5)c4)nc3[nH]2)c1. The Bertz CT molecular complexity index is 1660. The number of fused-ring (bicyclic) bond motifs is 1. The molecule has 36 heavy (non-hydrogen) atoms. The van der Waals surface area contributed by atoms with Gasteiger partial charge in [-0.05, 0) is 61.4 Å². The van der Waals surface area contributed by atoms with E-state index in [1.165, 1.54) is 18.5 Å². The van der Waals surface area contributed by atoms with Gasteiger partial charge in [-0.25, -0.2) is 18.4 Å². The topological polar surface area (TPSA) is 123 Å². The van der Waals surface area contributed by atoms with Crippen LogP contribution in [0.5, 0.6) is 0 Å². The highest BCUT2D eigenvalue weighted by atomic mass is 32.2. The summed E-state index contributed by atoms with van der Waals surface area (Å²) in [6.07, 6.45) is 6.22. The molecule has 1 aromatic carbocycles. The average molecular weight is 501 g/mol. The molecule has 0 saturated heterocycles. The van der Waals surface area contributed by atoms with Crippen LogP contribution in [0.25, 0.3) is 33.5 Å². The second-order valence-corrected chi connectivity index (χ2v) is 11.0. The van der Waals surface area contributed by atoms with Gasteiger partial charge in [0.15, 0.2) is 5.65 Å². The quantitative estimate of drug-likeness (QED) is 0.348. The molecule has 182 valence electrons. The molecule has 2 N–H and O–H groups in total. The summed E-state index contributed by atoms with van der Waals surface area (Å²) in [5.74, 6) is 0.150. The summed E-state index contributed by atoms with van der Waals surface area (Å²) in [6.45, 7) is 3.33. The van der Waals surface area contributed by atoms with E-state index >= 15 is 0 Å². The van der Waals surface area contributed by atoms with Crippen molar-refractivity contribution >= 4 is 27.1 Å². The highest BCUT2D eigenvalue weighted by Crippen LogP contribution is 2.26. The number of carbonyl (C=O) groups is 1. The van der Waals surface area contributed by atoms with E-state index in [0.29, 0.717) is 17.0 Å². The Morgan fingerprint density at radius 1 is 1.00 bits per heavy atom. The van der Waals surface area contributed by atoms with E-state index in [-0.39, 0.29) is 12.1 Å². The molecule has 0 radical (unpaired) electrons. The number of aromatic nitrogens is 5. The van der Waals surface area contributed by atoms with Gasteiger partial charge in [-0.15, -0.1) is 0 Å². The summed E-state index contributed by atoms with van der Waals surface area (Å²) in [6, 6.07) is 17.3. The van der Waals surface area contributed by atoms with E-state index in [1.54, 1.807) is 26.2 Å². The average Bonchev–Trinajstić information content (AvgIpc) is 3.55. The van der Waals surface area contributed by atoms with Gasteiger partial charge in [-0.1, -0.05) is 18.2 Å². The van der Waals surface area contributed by atoms with Crippen LogP contribution in [0.15, 0.2) is 79.4 Å². The third-order valence-corrected chi connectivity index (χ3v) is 7.81. The van der Waals surface area contributed by atoms with Gasteiger partial charge in [0.1, 0.15) is 11.3 Å². The van der Waals surface area contributed by atoms with Crippen molar-refractivity contribution in [2.45, 2.75) is 25.6 Å². The van der Waals surface area contributed by atoms with Crippen LogP contribution in [-0.2, 0) is 16.6 Å². The molecule has 0 aliphatic rings. The number of rotatable bonds is 7. The van der Waals surface area contributed by atoms with E-state index in [9.17, 15) is 13.2 Å². The summed E-state index contributed by atoms with van der Waals surface area (Å²) >= 11 is 0. The predicted molar refractivity (Wildman–Crippen MR) is 138 cm³/mol. The van der Waals surface area contributed by atoms with Gasteiger partial charge >= 0.3 is 0 Å². The van der Waals surface area contributed by atoms with Gasteiger partial charge < -0.3 is 10.3 Å². The van der Waals surface area contributed by atoms with Crippen LogP contribution in [0.4, 0.5) is 0 Å². The van der Waals surface area contributed by atoms with Crippen molar-refractivity contribution < 1.29 is 13.2 Å². The number of benzene rings is 1. The van der Waals surface area contributed by atoms with Crippen LogP contribution in [0, 0.1) is 0 Å². The minimum Gasteiger partial charge on any atom is -0.345 e. The third-order valence-electron chi connectivity index (χ3n) is 5.80. The zero-order valence-electron chi connectivity index (χ0n) is 19.7. The number of amides is 1. The van der Waals surface area contributed by atoms with Gasteiger partial charge in [0, 0.05) is 30.4 Å². The zero-order chi connectivity index (χ0) is 25.3. The minimum absolute atomic E-state index is 0.143. The Balaban J connectivity index is 1.31. The van der Waals surface area contributed by atoms with Crippen LogP contribution >= 0.6 is 0 Å². The molecule has 5 aromatic rings. The maximum Gasteiger partial charge on any atom is 0.253 e. The molecule has 5 rings (SSSR count). The molecule has 0 bridgehead atoms. The first-order valence-electron chi connectivity index (χ1n) is 11.4. The molecule has 1 amide bonds. The Labute approximate surface area is 208 Å². The number of carbonyl (C=O) groups excluding carboxylic acids is 1. The van der Waals surface area contributed by atoms with Crippen molar-refractivity contribution in [1.82, 2.24) is 29.2 Å². The molecule has 0 atom stereocenters. The Morgan fingerprint density at radius 3 is 2.56 bits per heavy atom. The largest absolute Gasteiger partial charge is 0.345 e. The molecular formula is C26H24N6O3S. The summed E-state index contributed by atoms with van der Waals surface area (Å²) in [5.41, 5.74) is 5.46. The molecule has 4 aromatic heterocycles. The van der Waals surface area contributed by atoms with E-state index in [2.05, 4.69) is 26.3 Å². The van der Waals surface area contributed by atoms with Crippen molar-refractivity contribution in [2.75, 3.05) is 0 Å². The number of pyridine rings is 2. The molecule has 9 nitrogen and oxygen atoms in total. The van der Waals surface area contributed by atoms with Crippen molar-refractivity contribution in [3.63, 3.8) is 0 Å². The second-order valence-electron chi connectivity index (χ2n) is 8.57. The Kier molecular flexibility index (Phi) is 6.11. The molecule has 0 aliphatic heterocycles. The number of nitrogens with zero attached hydrogens (tertiary/aromatic N) is 4. The zero-order valence-corrected chi connectivity index (χ0v) is 20.5. The lowest BCUT2D eigenvalue weighted by atomic mass is 10.0. The van der Waals surface area contributed by atoms with Gasteiger partial charge in [-0.3, -0.25) is 13.8 Å². The van der Waals surface area contributed by atoms with Crippen LogP contribution in [0.2, 0.25) is 0 Å². The molecule has 10 heteroatoms. The minimum atomic E-state index is -3.51. The van der Waals surface area contributed by atoms with Crippen LogP contribution in [0.1, 0.15) is 30.0 Å². The third kappa shape index (κ3) is 4.63. The molecule has 0 aliphatic carbocycles. The first-order chi connectivity index (χ1) is 17.3. The predicted octanol–water partition coefficient (Wildman–Crippen LogP) is 4.00. The summed E-state index contributed by atoms with van der Waals surface area (Å²) < 4.78 is 25.6. The number of aromatic amines is 1. The summed E-state index contributed by atoms with van der Waals surface area (Å²) in [4.78, 5) is 29.0. The fourth-order valence-electron chi connectivity index (χ4n) is 3.77. The number of H-pyrrole nitrogens is 1. The first kappa shape index (κ1) is 23.4. The molecule has 0 fully saturated rings. The van der Waals surface area contributed by atoms with E-state index in [4.69, 9.17) is 4.98 Å². The standard InChI is InChI=1S/C26H24N6O3S/c1-17(2)36(34,35)32-13-10-21(16-32)26(33)28-15-24-29-23-7-6-22(30-25(23)31-24)20-5-3-4-19(14-20)18-8-11-27-12-9-18/h3-14,16-17H,15H2,1-2H3,(H,28,33)(H,29,30,31). The van der Waals surface area contributed by atoms with Gasteiger partial charge in [-0.2, -0.15) is 0 Å². The van der Waals surface area contributed by atoms with Gasteiger partial charge in [0.05, 0.1) is 23.1 Å². The lowest BCUT2D eigenvalue weighted by molar-refractivity contribution is 0.0950. The highest BCUT2D eigenvalue weighted by molar-refractivity contribution is 7.90. The van der Waals surface area contributed by atoms with Gasteiger partial charge in [0.25, 0.3) is 5.91 Å². The Hall–Kier alpha value is -4.31. The lowest BCUT2D eigenvalue weighted by Crippen LogP contribution is -2.24. The molecule has 0 unspecified atom stereocenters. The fraction of sp³-hybridized carbons (Fsp3) is 0.154. The number of nitrogens with one attached hydrogen (secondary N) is 2. The number of hydrogen-bond acceptors (Lipinski definition) is 6. The summed E-state index contributed by atoms with van der Waals surface area (Å²) in [5, 5.41) is 2.18. The van der Waals surface area contributed by atoms with Crippen LogP contribution in [0.3, 0.4) is 0 Å². The monoisotopic (exact) mass is 500 g/mol. The first-order valence-corrected chi connectivity index (χ1v) is 12.9. The fourth-order valence-corrected chi connectivity index (χ4v) is 4.75. The molecule has 0 spiro atoms. The van der Waals surface area contributed by atoms with Crippen LogP contribution in [-0.4, -0.2) is 43.5 Å². The van der Waals surface area contributed by atoms with Crippen molar-refractivity contribution in [1.29, 1.82) is 0 Å². The maximum atomic E-state index is 12.6. The van der Waals surface area contributed by atoms with E-state index in [1.807, 2.05) is 42.5 Å². The smallest absolute Gasteiger partial charge is 0.253 e. The number of imidazole rings is 1. The highest BCUT2D eigenvalue weighted by Gasteiger charge is 2.19. The molecule has 0 saturated carbocycles. The van der Waals surface area contributed by atoms with E-state index in [0.717, 1.165) is 26.4 Å². The lowest BCUT2D eigenvalue weighted by Gasteiger charge is -2.08. The normalized spacial score (nSPS) is 11.8. The molecular weight excluding hydrogens is 476 g/mol. The van der Waals surface area contributed by atoms with Crippen LogP contribution < -0.4 is 5.32 Å². The van der Waals surface area contributed by atoms with Gasteiger partial charge in [0.2, 0.25) is 10.0 Å². The molecule has 4 heterocycles. The van der Waals surface area contributed by atoms with Crippen molar-refractivity contribution in [3.05, 3.63) is 90.8 Å². The Morgan fingerprint density at radius 2 is 1.78 bits per heavy atom. The van der Waals surface area contributed by atoms with Crippen molar-refractivity contribution in [2.24, 2.45) is 0 Å². The van der Waals surface area contributed by atoms with E-state index < -0.39 is 21.2 Å².